The molecule has 31 heavy (non-hydrogen) atoms. The number of carboxylic acids is 1. The molecule has 2 amide bonds. The highest BCUT2D eigenvalue weighted by Crippen LogP contribution is 2.07. The highest BCUT2D eigenvalue weighted by molar-refractivity contribution is 5.89. The number of ether oxygens (including phenoxy) is 1. The first-order valence-electron chi connectivity index (χ1n) is 9.97. The Kier molecular flexibility index (Phi) is 9.63. The summed E-state index contributed by atoms with van der Waals surface area (Å²) in [6.45, 7) is 0.0518. The number of hydrogen-bond acceptors (Lipinski definition) is 4. The molecule has 162 valence electrons. The lowest BCUT2D eigenvalue weighted by molar-refractivity contribution is -0.142. The molecule has 0 aliphatic carbocycles. The van der Waals surface area contributed by atoms with Crippen molar-refractivity contribution in [2.45, 2.75) is 44.4 Å². The summed E-state index contributed by atoms with van der Waals surface area (Å²) in [5.41, 5.74) is 1.62. The fourth-order valence-electron chi connectivity index (χ4n) is 2.90. The number of carbonyl (C=O) groups is 3. The lowest BCUT2D eigenvalue weighted by Crippen LogP contribution is -2.52. The Morgan fingerprint density at radius 2 is 1.55 bits per heavy atom. The first kappa shape index (κ1) is 23.5. The van der Waals surface area contributed by atoms with E-state index in [9.17, 15) is 19.5 Å². The van der Waals surface area contributed by atoms with E-state index in [4.69, 9.17) is 11.2 Å². The predicted molar refractivity (Wildman–Crippen MR) is 116 cm³/mol. The van der Waals surface area contributed by atoms with Crippen molar-refractivity contribution in [1.82, 2.24) is 10.6 Å². The molecule has 0 saturated heterocycles. The third-order valence-corrected chi connectivity index (χ3v) is 4.53. The molecular weight excluding hydrogens is 396 g/mol. The van der Waals surface area contributed by atoms with Gasteiger partial charge in [0.2, 0.25) is 5.91 Å². The number of amides is 2. The summed E-state index contributed by atoms with van der Waals surface area (Å²) in [6.07, 6.45) is 5.70. The second kappa shape index (κ2) is 12.7. The Bertz CT molecular complexity index is 893. The molecule has 0 aliphatic heterocycles. The second-order valence-corrected chi connectivity index (χ2v) is 6.94. The molecule has 2 rings (SSSR count). The zero-order valence-corrected chi connectivity index (χ0v) is 17.1. The molecule has 7 heteroatoms. The quantitative estimate of drug-likeness (QED) is 0.382. The fraction of sp³-hybridized carbons (Fsp3) is 0.292. The van der Waals surface area contributed by atoms with Gasteiger partial charge in [0.15, 0.2) is 0 Å². The number of alkyl carbamates (subject to hydrolysis) is 1. The van der Waals surface area contributed by atoms with Gasteiger partial charge in [0.05, 0.1) is 0 Å². The molecule has 0 radical (unpaired) electrons. The van der Waals surface area contributed by atoms with E-state index in [1.165, 1.54) is 0 Å². The first-order valence-corrected chi connectivity index (χ1v) is 9.97. The maximum atomic E-state index is 12.8. The standard InChI is InChI=1S/C24H26N2O5/c1-2-3-6-15-20(23(28)29)25-22(27)21(16-18-11-7-4-8-12-18)26-24(30)31-17-19-13-9-5-10-14-19/h1,4-5,7-14,20-21H,3,6,15-17H2,(H,25,27)(H,26,30)(H,28,29)/t20-,21-/m0/s1. The number of terminal acetylenes is 1. The summed E-state index contributed by atoms with van der Waals surface area (Å²) in [4.78, 5) is 36.6. The van der Waals surface area contributed by atoms with Gasteiger partial charge in [-0.05, 0) is 24.0 Å². The molecule has 0 unspecified atom stereocenters. The van der Waals surface area contributed by atoms with Crippen LogP contribution >= 0.6 is 0 Å². The van der Waals surface area contributed by atoms with E-state index in [-0.39, 0.29) is 19.4 Å². The summed E-state index contributed by atoms with van der Waals surface area (Å²) in [5, 5.41) is 14.5. The van der Waals surface area contributed by atoms with Crippen LogP contribution in [0.5, 0.6) is 0 Å². The minimum absolute atomic E-state index is 0.0518. The summed E-state index contributed by atoms with van der Waals surface area (Å²) in [7, 11) is 0. The summed E-state index contributed by atoms with van der Waals surface area (Å²) >= 11 is 0. The van der Waals surface area contributed by atoms with Crippen molar-refractivity contribution in [3.8, 4) is 12.3 Å². The highest BCUT2D eigenvalue weighted by atomic mass is 16.5. The van der Waals surface area contributed by atoms with Gasteiger partial charge >= 0.3 is 12.1 Å². The van der Waals surface area contributed by atoms with Gasteiger partial charge in [-0.25, -0.2) is 9.59 Å². The monoisotopic (exact) mass is 422 g/mol. The number of unbranched alkanes of at least 4 members (excludes halogenated alkanes) is 1. The van der Waals surface area contributed by atoms with Gasteiger partial charge in [-0.3, -0.25) is 4.79 Å². The third kappa shape index (κ3) is 8.62. The molecule has 2 aromatic carbocycles. The van der Waals surface area contributed by atoms with Crippen LogP contribution in [0, 0.1) is 12.3 Å². The molecule has 0 spiro atoms. The number of carbonyl (C=O) groups excluding carboxylic acids is 2. The molecule has 0 heterocycles. The fourth-order valence-corrected chi connectivity index (χ4v) is 2.90. The minimum Gasteiger partial charge on any atom is -0.480 e. The first-order chi connectivity index (χ1) is 15.0. The van der Waals surface area contributed by atoms with E-state index in [1.54, 1.807) is 0 Å². The summed E-state index contributed by atoms with van der Waals surface area (Å²) in [5.74, 6) is 0.685. The van der Waals surface area contributed by atoms with Gasteiger partial charge in [0, 0.05) is 12.8 Å². The lowest BCUT2D eigenvalue weighted by Gasteiger charge is -2.21. The average Bonchev–Trinajstić information content (AvgIpc) is 2.78. The topological polar surface area (TPSA) is 105 Å². The van der Waals surface area contributed by atoms with Crippen molar-refractivity contribution < 1.29 is 24.2 Å². The van der Waals surface area contributed by atoms with Gasteiger partial charge in [-0.1, -0.05) is 60.7 Å². The molecule has 0 bridgehead atoms. The molecule has 0 aromatic heterocycles. The largest absolute Gasteiger partial charge is 0.480 e. The molecule has 7 nitrogen and oxygen atoms in total. The van der Waals surface area contributed by atoms with E-state index in [2.05, 4.69) is 16.6 Å². The van der Waals surface area contributed by atoms with E-state index in [1.807, 2.05) is 60.7 Å². The lowest BCUT2D eigenvalue weighted by atomic mass is 10.0. The van der Waals surface area contributed by atoms with Crippen molar-refractivity contribution in [2.75, 3.05) is 0 Å². The van der Waals surface area contributed by atoms with Crippen LogP contribution in [-0.4, -0.2) is 35.2 Å². The zero-order valence-electron chi connectivity index (χ0n) is 17.1. The SMILES string of the molecule is C#CCCC[C@H](NC(=O)[C@H](Cc1ccccc1)NC(=O)OCc1ccccc1)C(=O)O. The normalized spacial score (nSPS) is 12.1. The van der Waals surface area contributed by atoms with Gasteiger partial charge in [0.25, 0.3) is 0 Å². The van der Waals surface area contributed by atoms with Gasteiger partial charge in [-0.15, -0.1) is 12.3 Å². The average molecular weight is 422 g/mol. The van der Waals surface area contributed by atoms with Gasteiger partial charge in [-0.2, -0.15) is 0 Å². The maximum absolute atomic E-state index is 12.8. The van der Waals surface area contributed by atoms with Crippen LogP contribution in [0.25, 0.3) is 0 Å². The minimum atomic E-state index is -1.16. The van der Waals surface area contributed by atoms with Crippen molar-refractivity contribution in [2.24, 2.45) is 0 Å². The Morgan fingerprint density at radius 3 is 2.13 bits per heavy atom. The number of aliphatic carboxylic acids is 1. The van der Waals surface area contributed by atoms with Crippen LogP contribution in [0.3, 0.4) is 0 Å². The molecule has 0 fully saturated rings. The number of benzene rings is 2. The Hall–Kier alpha value is -3.79. The Labute approximate surface area is 181 Å². The van der Waals surface area contributed by atoms with E-state index < -0.39 is 30.1 Å². The van der Waals surface area contributed by atoms with Crippen LogP contribution in [-0.2, 0) is 27.4 Å². The number of hydrogen-bond donors (Lipinski definition) is 3. The van der Waals surface area contributed by atoms with Crippen LogP contribution < -0.4 is 10.6 Å². The third-order valence-electron chi connectivity index (χ3n) is 4.53. The number of nitrogens with one attached hydrogen (secondary N) is 2. The van der Waals surface area contributed by atoms with Crippen molar-refractivity contribution in [1.29, 1.82) is 0 Å². The van der Waals surface area contributed by atoms with Crippen molar-refractivity contribution >= 4 is 18.0 Å². The number of carboxylic acid groups (broad SMARTS) is 1. The molecule has 2 atom stereocenters. The number of rotatable bonds is 11. The predicted octanol–water partition coefficient (Wildman–Crippen LogP) is 2.90. The van der Waals surface area contributed by atoms with Gasteiger partial charge in [0.1, 0.15) is 18.7 Å². The Morgan fingerprint density at radius 1 is 0.935 bits per heavy atom. The van der Waals surface area contributed by atoms with E-state index >= 15 is 0 Å². The van der Waals surface area contributed by atoms with E-state index in [0.717, 1.165) is 11.1 Å². The van der Waals surface area contributed by atoms with Crippen molar-refractivity contribution in [3.05, 3.63) is 71.8 Å². The molecule has 0 saturated carbocycles. The Balaban J connectivity index is 2.04. The van der Waals surface area contributed by atoms with Crippen LogP contribution in [0.4, 0.5) is 4.79 Å². The van der Waals surface area contributed by atoms with Crippen LogP contribution in [0.15, 0.2) is 60.7 Å². The molecule has 0 aliphatic rings. The van der Waals surface area contributed by atoms with E-state index in [0.29, 0.717) is 12.8 Å². The van der Waals surface area contributed by atoms with Crippen LogP contribution in [0.2, 0.25) is 0 Å². The smallest absolute Gasteiger partial charge is 0.408 e. The molecule has 3 N–H and O–H groups in total. The summed E-state index contributed by atoms with van der Waals surface area (Å²) in [6, 6.07) is 16.2. The molecular formula is C24H26N2O5. The second-order valence-electron chi connectivity index (χ2n) is 6.94. The molecule has 2 aromatic rings. The summed E-state index contributed by atoms with van der Waals surface area (Å²) < 4.78 is 5.21. The van der Waals surface area contributed by atoms with Crippen molar-refractivity contribution in [3.63, 3.8) is 0 Å². The zero-order chi connectivity index (χ0) is 22.5. The highest BCUT2D eigenvalue weighted by Gasteiger charge is 2.27. The van der Waals surface area contributed by atoms with Crippen LogP contribution in [0.1, 0.15) is 30.4 Å². The van der Waals surface area contributed by atoms with Gasteiger partial charge < -0.3 is 20.5 Å². The maximum Gasteiger partial charge on any atom is 0.408 e.